The van der Waals surface area contributed by atoms with E-state index in [1.54, 1.807) is 12.1 Å². The zero-order valence-electron chi connectivity index (χ0n) is 11.1. The maximum atomic E-state index is 12.9. The molecule has 0 saturated heterocycles. The molecule has 1 nitrogen and oxygen atoms in total. The van der Waals surface area contributed by atoms with Crippen molar-refractivity contribution in [2.75, 3.05) is 7.05 Å². The van der Waals surface area contributed by atoms with Gasteiger partial charge in [0.25, 0.3) is 0 Å². The van der Waals surface area contributed by atoms with Gasteiger partial charge >= 0.3 is 0 Å². The number of rotatable bonds is 3. The molecule has 0 saturated carbocycles. The van der Waals surface area contributed by atoms with Gasteiger partial charge in [-0.1, -0.05) is 36.4 Å². The Balaban J connectivity index is 1.85. The van der Waals surface area contributed by atoms with Gasteiger partial charge in [-0.05, 0) is 54.6 Å². The molecule has 0 bridgehead atoms. The summed E-state index contributed by atoms with van der Waals surface area (Å²) in [5.41, 5.74) is 4.06. The third-order valence-corrected chi connectivity index (χ3v) is 4.08. The van der Waals surface area contributed by atoms with Gasteiger partial charge in [0, 0.05) is 6.04 Å². The highest BCUT2D eigenvalue weighted by molar-refractivity contribution is 5.39. The van der Waals surface area contributed by atoms with E-state index in [0.717, 1.165) is 12.8 Å². The zero-order valence-corrected chi connectivity index (χ0v) is 11.1. The van der Waals surface area contributed by atoms with Crippen molar-refractivity contribution in [2.24, 2.45) is 0 Å². The summed E-state index contributed by atoms with van der Waals surface area (Å²) in [6.45, 7) is 0. The van der Waals surface area contributed by atoms with Crippen molar-refractivity contribution in [1.82, 2.24) is 5.32 Å². The Bertz CT molecular complexity index is 562. The average Bonchev–Trinajstić information content (AvgIpc) is 2.80. The minimum atomic E-state index is -0.163. The van der Waals surface area contributed by atoms with Crippen LogP contribution in [0.3, 0.4) is 0 Å². The van der Waals surface area contributed by atoms with E-state index in [-0.39, 0.29) is 5.82 Å². The number of fused-ring (bicyclic) bond motifs is 1. The Morgan fingerprint density at radius 2 is 1.74 bits per heavy atom. The number of benzene rings is 2. The molecule has 3 rings (SSSR count). The van der Waals surface area contributed by atoms with Crippen LogP contribution in [0.5, 0.6) is 0 Å². The molecule has 0 aliphatic heterocycles. The first-order valence-electron chi connectivity index (χ1n) is 6.78. The molecule has 2 aromatic carbocycles. The molecule has 0 heterocycles. The molecule has 0 radical (unpaired) electrons. The van der Waals surface area contributed by atoms with E-state index in [4.69, 9.17) is 0 Å². The highest BCUT2D eigenvalue weighted by atomic mass is 19.1. The smallest absolute Gasteiger partial charge is 0.123 e. The fourth-order valence-corrected chi connectivity index (χ4v) is 3.11. The van der Waals surface area contributed by atoms with Crippen molar-refractivity contribution in [2.45, 2.75) is 24.8 Å². The summed E-state index contributed by atoms with van der Waals surface area (Å²) in [6, 6.07) is 16.0. The van der Waals surface area contributed by atoms with Crippen LogP contribution in [0, 0.1) is 5.82 Å². The molecule has 2 heteroatoms. The van der Waals surface area contributed by atoms with Crippen molar-refractivity contribution in [1.29, 1.82) is 0 Å². The summed E-state index contributed by atoms with van der Waals surface area (Å²) in [5, 5.41) is 3.38. The van der Waals surface area contributed by atoms with Crippen LogP contribution in [-0.2, 0) is 6.42 Å². The molecule has 2 atom stereocenters. The number of hydrogen-bond donors (Lipinski definition) is 1. The molecule has 0 spiro atoms. The summed E-state index contributed by atoms with van der Waals surface area (Å²) in [4.78, 5) is 0. The van der Waals surface area contributed by atoms with Gasteiger partial charge in [0.1, 0.15) is 5.82 Å². The molecule has 0 amide bonds. The SMILES string of the molecule is CN[C@H]1C[C@@H](Cc2ccc(F)cc2)c2ccccc21. The van der Waals surface area contributed by atoms with Gasteiger partial charge in [0.2, 0.25) is 0 Å². The third-order valence-electron chi connectivity index (χ3n) is 4.08. The first-order chi connectivity index (χ1) is 9.28. The Kier molecular flexibility index (Phi) is 3.34. The van der Waals surface area contributed by atoms with Crippen LogP contribution in [0.2, 0.25) is 0 Å². The van der Waals surface area contributed by atoms with Crippen molar-refractivity contribution in [3.63, 3.8) is 0 Å². The number of hydrogen-bond acceptors (Lipinski definition) is 1. The van der Waals surface area contributed by atoms with Gasteiger partial charge in [-0.25, -0.2) is 4.39 Å². The molecule has 0 unspecified atom stereocenters. The van der Waals surface area contributed by atoms with Gasteiger partial charge in [0.15, 0.2) is 0 Å². The quantitative estimate of drug-likeness (QED) is 0.879. The minimum Gasteiger partial charge on any atom is -0.313 e. The summed E-state index contributed by atoms with van der Waals surface area (Å²) in [5.74, 6) is 0.364. The van der Waals surface area contributed by atoms with Gasteiger partial charge < -0.3 is 5.32 Å². The lowest BCUT2D eigenvalue weighted by atomic mass is 9.93. The molecule has 98 valence electrons. The van der Waals surface area contributed by atoms with Crippen molar-refractivity contribution >= 4 is 0 Å². The molecular formula is C17H18FN. The lowest BCUT2D eigenvalue weighted by molar-refractivity contribution is 0.532. The third kappa shape index (κ3) is 2.41. The second-order valence-corrected chi connectivity index (χ2v) is 5.23. The average molecular weight is 255 g/mol. The van der Waals surface area contributed by atoms with Crippen molar-refractivity contribution in [3.8, 4) is 0 Å². The Morgan fingerprint density at radius 1 is 1.05 bits per heavy atom. The predicted octanol–water partition coefficient (Wildman–Crippen LogP) is 3.82. The van der Waals surface area contributed by atoms with E-state index >= 15 is 0 Å². The maximum absolute atomic E-state index is 12.9. The highest BCUT2D eigenvalue weighted by Gasteiger charge is 2.29. The van der Waals surface area contributed by atoms with E-state index in [9.17, 15) is 4.39 Å². The molecule has 0 aromatic heterocycles. The first-order valence-corrected chi connectivity index (χ1v) is 6.78. The van der Waals surface area contributed by atoms with E-state index in [1.165, 1.54) is 16.7 Å². The number of halogens is 1. The summed E-state index contributed by atoms with van der Waals surface area (Å²) >= 11 is 0. The van der Waals surface area contributed by atoms with Crippen molar-refractivity contribution < 1.29 is 4.39 Å². The normalized spacial score (nSPS) is 21.4. The maximum Gasteiger partial charge on any atom is 0.123 e. The summed E-state index contributed by atoms with van der Waals surface area (Å²) in [6.07, 6.45) is 2.10. The topological polar surface area (TPSA) is 12.0 Å². The van der Waals surface area contributed by atoms with Crippen LogP contribution < -0.4 is 5.32 Å². The monoisotopic (exact) mass is 255 g/mol. The molecule has 2 aromatic rings. The van der Waals surface area contributed by atoms with Crippen molar-refractivity contribution in [3.05, 3.63) is 71.0 Å². The summed E-state index contributed by atoms with van der Waals surface area (Å²) in [7, 11) is 2.02. The molecular weight excluding hydrogens is 237 g/mol. The van der Waals surface area contributed by atoms with Crippen LogP contribution in [0.25, 0.3) is 0 Å². The van der Waals surface area contributed by atoms with Gasteiger partial charge in [-0.3, -0.25) is 0 Å². The highest BCUT2D eigenvalue weighted by Crippen LogP contribution is 2.41. The van der Waals surface area contributed by atoms with E-state index < -0.39 is 0 Å². The minimum absolute atomic E-state index is 0.163. The Labute approximate surface area is 113 Å². The second-order valence-electron chi connectivity index (χ2n) is 5.23. The largest absolute Gasteiger partial charge is 0.313 e. The first kappa shape index (κ1) is 12.4. The van der Waals surface area contributed by atoms with Crippen LogP contribution >= 0.6 is 0 Å². The number of nitrogens with one attached hydrogen (secondary N) is 1. The molecule has 1 N–H and O–H groups in total. The molecule has 19 heavy (non-hydrogen) atoms. The second kappa shape index (κ2) is 5.14. The lowest BCUT2D eigenvalue weighted by Gasteiger charge is -2.12. The predicted molar refractivity (Wildman–Crippen MR) is 75.7 cm³/mol. The standard InChI is InChI=1S/C17H18FN/c1-19-17-11-13(15-4-2-3-5-16(15)17)10-12-6-8-14(18)9-7-12/h2-9,13,17,19H,10-11H2,1H3/t13-,17+/m1/s1. The van der Waals surface area contributed by atoms with Crippen LogP contribution in [0.4, 0.5) is 4.39 Å². The lowest BCUT2D eigenvalue weighted by Crippen LogP contribution is -2.13. The van der Waals surface area contributed by atoms with E-state index in [2.05, 4.69) is 29.6 Å². The van der Waals surface area contributed by atoms with Crippen LogP contribution in [0.15, 0.2) is 48.5 Å². The van der Waals surface area contributed by atoms with Gasteiger partial charge in [-0.2, -0.15) is 0 Å². The molecule has 1 aliphatic rings. The Morgan fingerprint density at radius 3 is 2.42 bits per heavy atom. The molecule has 1 aliphatic carbocycles. The van der Waals surface area contributed by atoms with E-state index in [1.807, 2.05) is 19.2 Å². The van der Waals surface area contributed by atoms with Crippen LogP contribution in [0.1, 0.15) is 35.1 Å². The fourth-order valence-electron chi connectivity index (χ4n) is 3.11. The van der Waals surface area contributed by atoms with Gasteiger partial charge in [0.05, 0.1) is 0 Å². The summed E-state index contributed by atoms with van der Waals surface area (Å²) < 4.78 is 12.9. The fraction of sp³-hybridized carbons (Fsp3) is 0.294. The Hall–Kier alpha value is -1.67. The van der Waals surface area contributed by atoms with E-state index in [0.29, 0.717) is 12.0 Å². The van der Waals surface area contributed by atoms with Gasteiger partial charge in [-0.15, -0.1) is 0 Å². The van der Waals surface area contributed by atoms with Crippen LogP contribution in [-0.4, -0.2) is 7.05 Å². The molecule has 0 fully saturated rings. The zero-order chi connectivity index (χ0) is 13.2.